The van der Waals surface area contributed by atoms with Crippen LogP contribution < -0.4 is 0 Å². The normalized spacial score (nSPS) is 12.9. The molecule has 2 aromatic rings. The fraction of sp³-hybridized carbons (Fsp3) is 0.235. The molecule has 0 amide bonds. The van der Waals surface area contributed by atoms with Crippen molar-refractivity contribution < 1.29 is 27.5 Å². The summed E-state index contributed by atoms with van der Waals surface area (Å²) in [6.07, 6.45) is -4.65. The predicted octanol–water partition coefficient (Wildman–Crippen LogP) is 4.56. The van der Waals surface area contributed by atoms with Crippen molar-refractivity contribution in [3.05, 3.63) is 70.5 Å². The van der Waals surface area contributed by atoms with Crippen LogP contribution in [-0.4, -0.2) is 11.1 Å². The molecule has 0 fully saturated rings. The van der Waals surface area contributed by atoms with E-state index in [4.69, 9.17) is 0 Å². The maximum absolute atomic E-state index is 13.6. The van der Waals surface area contributed by atoms with Gasteiger partial charge in [0.15, 0.2) is 0 Å². The van der Waals surface area contributed by atoms with E-state index in [2.05, 4.69) is 0 Å². The molecule has 0 heterocycles. The molecule has 2 aromatic carbocycles. The molecule has 23 heavy (non-hydrogen) atoms. The van der Waals surface area contributed by atoms with Gasteiger partial charge in [-0.15, -0.1) is 0 Å². The number of hydrogen-bond donors (Lipinski definition) is 1. The van der Waals surface area contributed by atoms with E-state index >= 15 is 0 Å². The average Bonchev–Trinajstić information content (AvgIpc) is 2.47. The van der Waals surface area contributed by atoms with E-state index in [1.165, 1.54) is 24.3 Å². The van der Waals surface area contributed by atoms with Crippen LogP contribution >= 0.6 is 0 Å². The summed E-state index contributed by atoms with van der Waals surface area (Å²) < 4.78 is 51.8. The Morgan fingerprint density at radius 3 is 2.43 bits per heavy atom. The van der Waals surface area contributed by atoms with Crippen LogP contribution in [0.3, 0.4) is 0 Å². The third-order valence-electron chi connectivity index (χ3n) is 3.59. The molecule has 0 saturated heterocycles. The first kappa shape index (κ1) is 17.0. The van der Waals surface area contributed by atoms with E-state index in [0.29, 0.717) is 5.56 Å². The van der Waals surface area contributed by atoms with Gasteiger partial charge in [0.1, 0.15) is 5.82 Å². The number of rotatable bonds is 4. The smallest absolute Gasteiger partial charge is 0.416 e. The molecular formula is C17H14F4O2. The quantitative estimate of drug-likeness (QED) is 0.836. The lowest BCUT2D eigenvalue weighted by molar-refractivity contribution is -0.138. The van der Waals surface area contributed by atoms with Gasteiger partial charge < -0.3 is 5.11 Å². The Labute approximate surface area is 130 Å². The zero-order valence-corrected chi connectivity index (χ0v) is 12.2. The van der Waals surface area contributed by atoms with Crippen LogP contribution in [0.15, 0.2) is 42.5 Å². The zero-order chi connectivity index (χ0) is 17.2. The average molecular weight is 326 g/mol. The highest BCUT2D eigenvalue weighted by Gasteiger charge is 2.31. The maximum Gasteiger partial charge on any atom is 0.416 e. The Morgan fingerprint density at radius 1 is 1.17 bits per heavy atom. The van der Waals surface area contributed by atoms with Gasteiger partial charge in [0.2, 0.25) is 0 Å². The number of alkyl halides is 3. The third kappa shape index (κ3) is 4.09. The second-order valence-corrected chi connectivity index (χ2v) is 5.30. The molecule has 0 aliphatic heterocycles. The van der Waals surface area contributed by atoms with Gasteiger partial charge in [-0.1, -0.05) is 30.3 Å². The van der Waals surface area contributed by atoms with Gasteiger partial charge in [0, 0.05) is 0 Å². The number of carbonyl (C=O) groups is 1. The first-order valence-electron chi connectivity index (χ1n) is 6.83. The molecule has 0 spiro atoms. The first-order valence-corrected chi connectivity index (χ1v) is 6.83. The fourth-order valence-corrected chi connectivity index (χ4v) is 2.28. The van der Waals surface area contributed by atoms with E-state index in [1.54, 1.807) is 6.92 Å². The van der Waals surface area contributed by atoms with Crippen LogP contribution in [0.1, 0.15) is 28.2 Å². The van der Waals surface area contributed by atoms with Gasteiger partial charge in [-0.2, -0.15) is 13.2 Å². The maximum atomic E-state index is 13.6. The molecule has 0 aliphatic carbocycles. The summed E-state index contributed by atoms with van der Waals surface area (Å²) in [7, 11) is 0. The van der Waals surface area contributed by atoms with Gasteiger partial charge in [-0.05, 0) is 42.2 Å². The Balaban J connectivity index is 2.33. The van der Waals surface area contributed by atoms with Crippen molar-refractivity contribution in [2.45, 2.75) is 25.4 Å². The lowest BCUT2D eigenvalue weighted by Gasteiger charge is -2.15. The Morgan fingerprint density at radius 2 is 1.87 bits per heavy atom. The summed E-state index contributed by atoms with van der Waals surface area (Å²) in [5.41, 5.74) is -0.0163. The second kappa shape index (κ2) is 6.40. The fourth-order valence-electron chi connectivity index (χ4n) is 2.28. The molecule has 6 heteroatoms. The largest absolute Gasteiger partial charge is 0.481 e. The van der Waals surface area contributed by atoms with E-state index in [0.717, 1.165) is 18.2 Å². The third-order valence-corrected chi connectivity index (χ3v) is 3.59. The monoisotopic (exact) mass is 326 g/mol. The summed E-state index contributed by atoms with van der Waals surface area (Å²) in [5.74, 6) is -2.88. The van der Waals surface area contributed by atoms with Crippen molar-refractivity contribution in [2.24, 2.45) is 0 Å². The molecule has 1 unspecified atom stereocenters. The van der Waals surface area contributed by atoms with Crippen LogP contribution in [0.25, 0.3) is 0 Å². The lowest BCUT2D eigenvalue weighted by Crippen LogP contribution is -2.15. The number of halogens is 4. The molecular weight excluding hydrogens is 312 g/mol. The number of benzene rings is 2. The molecule has 122 valence electrons. The Kier molecular flexibility index (Phi) is 4.73. The molecule has 0 radical (unpaired) electrons. The van der Waals surface area contributed by atoms with Crippen LogP contribution in [-0.2, 0) is 17.4 Å². The van der Waals surface area contributed by atoms with E-state index in [-0.39, 0.29) is 17.5 Å². The molecule has 0 aromatic heterocycles. The molecule has 1 N–H and O–H groups in total. The SMILES string of the molecule is Cc1ccc(C(Cc2cccc(C(F)(F)F)c2)C(=O)O)cc1F. The summed E-state index contributed by atoms with van der Waals surface area (Å²) in [5, 5.41) is 9.33. The van der Waals surface area contributed by atoms with Gasteiger partial charge in [0.05, 0.1) is 11.5 Å². The summed E-state index contributed by atoms with van der Waals surface area (Å²) >= 11 is 0. The number of aliphatic carboxylic acids is 1. The van der Waals surface area contributed by atoms with Crippen molar-refractivity contribution in [1.82, 2.24) is 0 Å². The number of hydrogen-bond acceptors (Lipinski definition) is 1. The van der Waals surface area contributed by atoms with Gasteiger partial charge in [-0.25, -0.2) is 4.39 Å². The summed E-state index contributed by atoms with van der Waals surface area (Å²) in [6.45, 7) is 1.54. The summed E-state index contributed by atoms with van der Waals surface area (Å²) in [6, 6.07) is 8.53. The van der Waals surface area contributed by atoms with Gasteiger partial charge >= 0.3 is 12.1 Å². The predicted molar refractivity (Wildman–Crippen MR) is 76.7 cm³/mol. The number of carboxylic acids is 1. The lowest BCUT2D eigenvalue weighted by atomic mass is 9.91. The molecule has 0 saturated carbocycles. The molecule has 0 aliphatic rings. The van der Waals surface area contributed by atoms with E-state index in [9.17, 15) is 27.5 Å². The number of aryl methyl sites for hydroxylation is 1. The van der Waals surface area contributed by atoms with Crippen molar-refractivity contribution >= 4 is 5.97 Å². The van der Waals surface area contributed by atoms with Crippen LogP contribution in [0.5, 0.6) is 0 Å². The van der Waals surface area contributed by atoms with Crippen molar-refractivity contribution in [1.29, 1.82) is 0 Å². The minimum Gasteiger partial charge on any atom is -0.481 e. The van der Waals surface area contributed by atoms with Crippen LogP contribution in [0, 0.1) is 12.7 Å². The summed E-state index contributed by atoms with van der Waals surface area (Å²) in [4.78, 5) is 11.4. The minimum atomic E-state index is -4.50. The first-order chi connectivity index (χ1) is 10.7. The van der Waals surface area contributed by atoms with Crippen molar-refractivity contribution in [3.63, 3.8) is 0 Å². The molecule has 2 nitrogen and oxygen atoms in total. The second-order valence-electron chi connectivity index (χ2n) is 5.30. The van der Waals surface area contributed by atoms with E-state index in [1.807, 2.05) is 0 Å². The number of carboxylic acid groups (broad SMARTS) is 1. The van der Waals surface area contributed by atoms with Crippen LogP contribution in [0.4, 0.5) is 17.6 Å². The molecule has 0 bridgehead atoms. The van der Waals surface area contributed by atoms with Crippen molar-refractivity contribution in [3.8, 4) is 0 Å². The van der Waals surface area contributed by atoms with Crippen molar-refractivity contribution in [2.75, 3.05) is 0 Å². The van der Waals surface area contributed by atoms with Gasteiger partial charge in [0.25, 0.3) is 0 Å². The minimum absolute atomic E-state index is 0.151. The van der Waals surface area contributed by atoms with Crippen LogP contribution in [0.2, 0.25) is 0 Å². The van der Waals surface area contributed by atoms with Gasteiger partial charge in [-0.3, -0.25) is 4.79 Å². The zero-order valence-electron chi connectivity index (χ0n) is 12.2. The highest BCUT2D eigenvalue weighted by Crippen LogP contribution is 2.31. The molecule has 1 atom stereocenters. The highest BCUT2D eigenvalue weighted by molar-refractivity contribution is 5.76. The Bertz CT molecular complexity index is 723. The van der Waals surface area contributed by atoms with E-state index < -0.39 is 29.4 Å². The topological polar surface area (TPSA) is 37.3 Å². The standard InChI is InChI=1S/C17H14F4O2/c1-10-5-6-12(9-15(10)18)14(16(22)23)8-11-3-2-4-13(7-11)17(19,20)21/h2-7,9,14H,8H2,1H3,(H,22,23). The Hall–Kier alpha value is -2.37. The molecule has 2 rings (SSSR count). The highest BCUT2D eigenvalue weighted by atomic mass is 19.4.